The van der Waals surface area contributed by atoms with E-state index in [1.54, 1.807) is 12.3 Å². The fraction of sp³-hybridized carbons (Fsp3) is 0.500. The minimum absolute atomic E-state index is 0.0521. The lowest BCUT2D eigenvalue weighted by Gasteiger charge is -2.43. The predicted octanol–water partition coefficient (Wildman–Crippen LogP) is 1.45. The summed E-state index contributed by atoms with van der Waals surface area (Å²) in [5.41, 5.74) is 1.57. The molecule has 0 aliphatic carbocycles. The van der Waals surface area contributed by atoms with Gasteiger partial charge in [0, 0.05) is 32.4 Å². The van der Waals surface area contributed by atoms with Gasteiger partial charge >= 0.3 is 0 Å². The summed E-state index contributed by atoms with van der Waals surface area (Å²) in [5, 5.41) is 16.5. The number of aliphatic hydroxyl groups is 1. The van der Waals surface area contributed by atoms with E-state index >= 15 is 0 Å². The van der Waals surface area contributed by atoms with Crippen molar-refractivity contribution in [2.45, 2.75) is 31.1 Å². The van der Waals surface area contributed by atoms with Crippen LogP contribution in [0.25, 0.3) is 0 Å². The Morgan fingerprint density at radius 1 is 1.19 bits per heavy atom. The Morgan fingerprint density at radius 3 is 2.67 bits per heavy atom. The Morgan fingerprint density at radius 2 is 1.96 bits per heavy atom. The van der Waals surface area contributed by atoms with Crippen molar-refractivity contribution in [3.05, 3.63) is 53.9 Å². The van der Waals surface area contributed by atoms with Gasteiger partial charge < -0.3 is 19.6 Å². The maximum atomic E-state index is 13.1. The Balaban J connectivity index is 1.58. The highest BCUT2D eigenvalue weighted by atomic mass is 16.5. The zero-order valence-electron chi connectivity index (χ0n) is 15.3. The van der Waals surface area contributed by atoms with E-state index < -0.39 is 0 Å². The van der Waals surface area contributed by atoms with Gasteiger partial charge in [0.05, 0.1) is 24.9 Å². The molecule has 2 fully saturated rings. The summed E-state index contributed by atoms with van der Waals surface area (Å²) in [5.74, 6) is -0.0521. The van der Waals surface area contributed by atoms with Gasteiger partial charge in [-0.15, -0.1) is 0 Å². The molecule has 4 rings (SSSR count). The molecule has 2 N–H and O–H groups in total. The molecular weight excluding hydrogens is 344 g/mol. The van der Waals surface area contributed by atoms with Crippen molar-refractivity contribution in [2.75, 3.05) is 32.8 Å². The van der Waals surface area contributed by atoms with Crippen LogP contribution in [0.3, 0.4) is 0 Å². The number of rotatable bonds is 4. The zero-order valence-corrected chi connectivity index (χ0v) is 15.3. The lowest BCUT2D eigenvalue weighted by atomic mass is 9.96. The van der Waals surface area contributed by atoms with Crippen molar-refractivity contribution >= 4 is 5.91 Å². The predicted molar refractivity (Wildman–Crippen MR) is 100 cm³/mol. The first-order valence-electron chi connectivity index (χ1n) is 9.59. The van der Waals surface area contributed by atoms with Crippen LogP contribution in [0.2, 0.25) is 0 Å². The van der Waals surface area contributed by atoms with Crippen LogP contribution in [0.4, 0.5) is 0 Å². The van der Waals surface area contributed by atoms with Crippen molar-refractivity contribution < 1.29 is 14.6 Å². The Hall–Kier alpha value is -2.22. The van der Waals surface area contributed by atoms with Gasteiger partial charge in [0.2, 0.25) is 0 Å². The molecule has 2 aliphatic rings. The average molecular weight is 370 g/mol. The lowest BCUT2D eigenvalue weighted by Crippen LogP contribution is -2.52. The molecule has 0 radical (unpaired) electrons. The summed E-state index contributed by atoms with van der Waals surface area (Å²) in [4.78, 5) is 17.3. The topological polar surface area (TPSA) is 81.7 Å². The monoisotopic (exact) mass is 370 g/mol. The third kappa shape index (κ3) is 4.05. The molecule has 1 amide bonds. The van der Waals surface area contributed by atoms with Crippen molar-refractivity contribution in [2.24, 2.45) is 0 Å². The van der Waals surface area contributed by atoms with Gasteiger partial charge in [-0.3, -0.25) is 9.89 Å². The van der Waals surface area contributed by atoms with Gasteiger partial charge in [-0.2, -0.15) is 5.10 Å². The van der Waals surface area contributed by atoms with Crippen molar-refractivity contribution in [1.29, 1.82) is 0 Å². The number of nitrogens with zero attached hydrogens (tertiary/aromatic N) is 3. The summed E-state index contributed by atoms with van der Waals surface area (Å²) in [6, 6.07) is 11.6. The van der Waals surface area contributed by atoms with Crippen LogP contribution in [0.5, 0.6) is 0 Å². The maximum absolute atomic E-state index is 13.1. The first-order chi connectivity index (χ1) is 13.2. The molecule has 144 valence electrons. The van der Waals surface area contributed by atoms with Crippen LogP contribution < -0.4 is 0 Å². The number of H-pyrrole nitrogens is 1. The molecule has 1 aromatic carbocycles. The van der Waals surface area contributed by atoms with Crippen molar-refractivity contribution in [1.82, 2.24) is 20.0 Å². The van der Waals surface area contributed by atoms with Gasteiger partial charge in [-0.25, -0.2) is 0 Å². The number of benzene rings is 1. The summed E-state index contributed by atoms with van der Waals surface area (Å²) >= 11 is 0. The van der Waals surface area contributed by atoms with E-state index in [2.05, 4.69) is 27.2 Å². The maximum Gasteiger partial charge on any atom is 0.272 e. The average Bonchev–Trinajstić information content (AvgIpc) is 3.24. The first kappa shape index (κ1) is 18.2. The molecule has 0 unspecified atom stereocenters. The fourth-order valence-electron chi connectivity index (χ4n) is 4.04. The number of likely N-dealkylation sites (tertiary alicyclic amines) is 1. The van der Waals surface area contributed by atoms with Crippen molar-refractivity contribution in [3.63, 3.8) is 0 Å². The molecule has 0 bridgehead atoms. The fourth-order valence-corrected chi connectivity index (χ4v) is 4.04. The van der Waals surface area contributed by atoms with Crippen LogP contribution in [0.1, 0.15) is 34.9 Å². The molecule has 2 aromatic rings. The molecule has 7 heteroatoms. The van der Waals surface area contributed by atoms with E-state index in [1.807, 2.05) is 23.1 Å². The normalized spacial score (nSPS) is 24.9. The number of carbonyl (C=O) groups excluding carboxylic acids is 1. The number of piperidine rings is 1. The highest BCUT2D eigenvalue weighted by molar-refractivity contribution is 5.92. The summed E-state index contributed by atoms with van der Waals surface area (Å²) in [6.07, 6.45) is 2.88. The van der Waals surface area contributed by atoms with Crippen LogP contribution in [-0.2, 0) is 4.74 Å². The molecular formula is C20H26N4O3. The molecule has 3 heterocycles. The minimum atomic E-state index is -0.197. The van der Waals surface area contributed by atoms with Crippen LogP contribution in [0.15, 0.2) is 42.6 Å². The number of aromatic amines is 1. The lowest BCUT2D eigenvalue weighted by molar-refractivity contribution is -0.0771. The molecule has 2 saturated heterocycles. The highest BCUT2D eigenvalue weighted by Gasteiger charge is 2.38. The highest BCUT2D eigenvalue weighted by Crippen LogP contribution is 2.31. The number of aliphatic hydroxyl groups excluding tert-OH is 1. The number of hydrogen-bond acceptors (Lipinski definition) is 5. The van der Waals surface area contributed by atoms with E-state index in [0.717, 1.165) is 38.0 Å². The van der Waals surface area contributed by atoms with E-state index in [1.165, 1.54) is 0 Å². The number of morpholine rings is 1. The van der Waals surface area contributed by atoms with E-state index in [4.69, 9.17) is 4.74 Å². The summed E-state index contributed by atoms with van der Waals surface area (Å²) in [7, 11) is 0. The van der Waals surface area contributed by atoms with Crippen molar-refractivity contribution in [3.8, 4) is 0 Å². The number of nitrogens with one attached hydrogen (secondary N) is 1. The van der Waals surface area contributed by atoms with Gasteiger partial charge in [0.25, 0.3) is 5.91 Å². The van der Waals surface area contributed by atoms with Crippen LogP contribution in [-0.4, -0.2) is 76.0 Å². The largest absolute Gasteiger partial charge is 0.393 e. The van der Waals surface area contributed by atoms with Crippen LogP contribution in [0, 0.1) is 0 Å². The Labute approximate surface area is 158 Å². The molecule has 0 saturated carbocycles. The quantitative estimate of drug-likeness (QED) is 0.851. The Bertz CT molecular complexity index is 729. The van der Waals surface area contributed by atoms with Gasteiger partial charge in [-0.05, 0) is 24.5 Å². The molecule has 7 nitrogen and oxygen atoms in total. The molecule has 2 atom stereocenters. The van der Waals surface area contributed by atoms with Gasteiger partial charge in [0.1, 0.15) is 5.69 Å². The standard InChI is InChI=1S/C20H26N4O3/c25-16-7-10-23(11-8-16)14-18-19(15-4-2-1-3-5-15)24(12-13-27-18)20(26)17-6-9-21-22-17/h1-6,9,16,18-19,25H,7-8,10-14H2,(H,21,22)/t18-,19-/m0/s1. The smallest absolute Gasteiger partial charge is 0.272 e. The van der Waals surface area contributed by atoms with E-state index in [9.17, 15) is 9.90 Å². The Kier molecular flexibility index (Phi) is 5.52. The summed E-state index contributed by atoms with van der Waals surface area (Å²) in [6.45, 7) is 3.53. The number of amides is 1. The van der Waals surface area contributed by atoms with Gasteiger partial charge in [0.15, 0.2) is 0 Å². The number of aromatic nitrogens is 2. The second-order valence-corrected chi connectivity index (χ2v) is 7.27. The SMILES string of the molecule is O=C(c1ccn[nH]1)N1CCO[C@@H](CN2CCC(O)CC2)[C@@H]1c1ccccc1. The third-order valence-electron chi connectivity index (χ3n) is 5.48. The second kappa shape index (κ2) is 8.21. The van der Waals surface area contributed by atoms with E-state index in [0.29, 0.717) is 18.8 Å². The van der Waals surface area contributed by atoms with Gasteiger partial charge in [-0.1, -0.05) is 30.3 Å². The number of carbonyl (C=O) groups is 1. The van der Waals surface area contributed by atoms with E-state index in [-0.39, 0.29) is 24.2 Å². The molecule has 2 aliphatic heterocycles. The second-order valence-electron chi connectivity index (χ2n) is 7.27. The van der Waals surface area contributed by atoms with Crippen LogP contribution >= 0.6 is 0 Å². The number of hydrogen-bond donors (Lipinski definition) is 2. The summed E-state index contributed by atoms with van der Waals surface area (Å²) < 4.78 is 6.15. The molecule has 0 spiro atoms. The molecule has 27 heavy (non-hydrogen) atoms. The minimum Gasteiger partial charge on any atom is -0.393 e. The third-order valence-corrected chi connectivity index (χ3v) is 5.48. The first-order valence-corrected chi connectivity index (χ1v) is 9.59. The molecule has 1 aromatic heterocycles. The zero-order chi connectivity index (χ0) is 18.6. The number of ether oxygens (including phenoxy) is 1.